The molecular weight excluding hydrogens is 324 g/mol. The van der Waals surface area contributed by atoms with Gasteiger partial charge in [-0.15, -0.1) is 0 Å². The third kappa shape index (κ3) is 3.51. The van der Waals surface area contributed by atoms with Gasteiger partial charge in [-0.05, 0) is 67.6 Å². The Kier molecular flexibility index (Phi) is 5.67. The lowest BCUT2D eigenvalue weighted by Crippen LogP contribution is -2.42. The first-order chi connectivity index (χ1) is 12.4. The van der Waals surface area contributed by atoms with Crippen molar-refractivity contribution in [2.45, 2.75) is 84.2 Å². The molecule has 2 fully saturated rings. The van der Waals surface area contributed by atoms with Gasteiger partial charge in [-0.25, -0.2) is 0 Å². The van der Waals surface area contributed by atoms with Gasteiger partial charge in [-0.3, -0.25) is 9.59 Å². The molecule has 3 nitrogen and oxygen atoms in total. The van der Waals surface area contributed by atoms with E-state index in [-0.39, 0.29) is 17.0 Å². The molecule has 1 aromatic rings. The van der Waals surface area contributed by atoms with E-state index in [1.165, 1.54) is 16.7 Å². The van der Waals surface area contributed by atoms with Crippen LogP contribution in [0.4, 0.5) is 0 Å². The summed E-state index contributed by atoms with van der Waals surface area (Å²) in [7, 11) is 1.76. The van der Waals surface area contributed by atoms with E-state index >= 15 is 0 Å². The van der Waals surface area contributed by atoms with Crippen molar-refractivity contribution in [2.24, 2.45) is 5.41 Å². The number of methoxy groups -OCH3 is 1. The number of hydrogen-bond acceptors (Lipinski definition) is 3. The molecule has 26 heavy (non-hydrogen) atoms. The second-order valence-corrected chi connectivity index (χ2v) is 8.36. The van der Waals surface area contributed by atoms with E-state index in [2.05, 4.69) is 32.9 Å². The van der Waals surface area contributed by atoms with Crippen molar-refractivity contribution >= 4 is 11.6 Å². The lowest BCUT2D eigenvalue weighted by atomic mass is 9.60. The maximum Gasteiger partial charge on any atom is 0.148 e. The number of aryl methyl sites for hydroxylation is 3. The van der Waals surface area contributed by atoms with Crippen molar-refractivity contribution in [2.75, 3.05) is 7.11 Å². The molecule has 1 aromatic carbocycles. The Morgan fingerprint density at radius 2 is 1.50 bits per heavy atom. The van der Waals surface area contributed by atoms with E-state index in [4.69, 9.17) is 4.74 Å². The van der Waals surface area contributed by atoms with E-state index in [0.717, 1.165) is 44.1 Å². The van der Waals surface area contributed by atoms with E-state index in [0.29, 0.717) is 18.9 Å². The Balaban J connectivity index is 1.91. The number of carbonyl (C=O) groups is 2. The topological polar surface area (TPSA) is 43.4 Å². The lowest BCUT2D eigenvalue weighted by molar-refractivity contribution is -0.138. The minimum Gasteiger partial charge on any atom is -0.381 e. The van der Waals surface area contributed by atoms with Crippen LogP contribution in [0.2, 0.25) is 0 Å². The molecule has 0 aromatic heterocycles. The summed E-state index contributed by atoms with van der Waals surface area (Å²) in [6.45, 7) is 6.32. The SMILES string of the molecule is CCc1cc(C)cc(CC)c1C1C(=O)CC2(CCC(OC)CC2)CC1=O. The number of carbonyl (C=O) groups excluding carboxylic acids is 2. The number of ether oxygens (including phenoxy) is 1. The van der Waals surface area contributed by atoms with E-state index < -0.39 is 5.92 Å². The average molecular weight is 357 g/mol. The van der Waals surface area contributed by atoms with Crippen LogP contribution in [0, 0.1) is 12.3 Å². The number of hydrogen-bond donors (Lipinski definition) is 0. The summed E-state index contributed by atoms with van der Waals surface area (Å²) in [4.78, 5) is 26.4. The predicted octanol–water partition coefficient (Wildman–Crippen LogP) is 4.71. The quantitative estimate of drug-likeness (QED) is 0.734. The summed E-state index contributed by atoms with van der Waals surface area (Å²) in [5.74, 6) is -0.248. The number of Topliss-reactive ketones (excluding diaryl/α,β-unsaturated/α-hetero) is 2. The van der Waals surface area contributed by atoms with Gasteiger partial charge in [0.1, 0.15) is 17.5 Å². The van der Waals surface area contributed by atoms with Crippen molar-refractivity contribution < 1.29 is 14.3 Å². The standard InChI is InChI=1S/C23H32O3/c1-5-16-11-15(3)12-17(6-2)21(16)22-19(24)13-23(14-20(22)25)9-7-18(26-4)8-10-23/h11-12,18,22H,5-10,13-14H2,1-4H3. The molecule has 142 valence electrons. The average Bonchev–Trinajstić information content (AvgIpc) is 2.62. The first kappa shape index (κ1) is 19.3. The van der Waals surface area contributed by atoms with Crippen LogP contribution in [0.15, 0.2) is 12.1 Å². The van der Waals surface area contributed by atoms with Gasteiger partial charge >= 0.3 is 0 Å². The molecule has 0 saturated heterocycles. The Morgan fingerprint density at radius 1 is 1.00 bits per heavy atom. The zero-order valence-electron chi connectivity index (χ0n) is 16.7. The molecule has 0 amide bonds. The monoisotopic (exact) mass is 356 g/mol. The van der Waals surface area contributed by atoms with Crippen LogP contribution in [0.25, 0.3) is 0 Å². The van der Waals surface area contributed by atoms with Crippen LogP contribution < -0.4 is 0 Å². The van der Waals surface area contributed by atoms with Gasteiger partial charge in [-0.2, -0.15) is 0 Å². The highest BCUT2D eigenvalue weighted by Crippen LogP contribution is 2.49. The fraction of sp³-hybridized carbons (Fsp3) is 0.652. The minimum absolute atomic E-state index is 0.108. The highest BCUT2D eigenvalue weighted by molar-refractivity contribution is 6.10. The van der Waals surface area contributed by atoms with Gasteiger partial charge in [0.15, 0.2) is 0 Å². The number of ketones is 2. The van der Waals surface area contributed by atoms with Crippen molar-refractivity contribution in [1.29, 1.82) is 0 Å². The summed E-state index contributed by atoms with van der Waals surface area (Å²) in [6.07, 6.45) is 6.93. The maximum absolute atomic E-state index is 13.2. The van der Waals surface area contributed by atoms with Crippen molar-refractivity contribution in [1.82, 2.24) is 0 Å². The molecule has 3 rings (SSSR count). The van der Waals surface area contributed by atoms with Crippen molar-refractivity contribution in [3.8, 4) is 0 Å². The molecular formula is C23H32O3. The fourth-order valence-electron chi connectivity index (χ4n) is 5.21. The Labute approximate surface area is 157 Å². The normalized spacial score (nSPS) is 29.4. The molecule has 2 aliphatic rings. The third-order valence-electron chi connectivity index (χ3n) is 6.62. The molecule has 0 atom stereocenters. The van der Waals surface area contributed by atoms with Crippen LogP contribution in [0.5, 0.6) is 0 Å². The van der Waals surface area contributed by atoms with Crippen LogP contribution in [-0.4, -0.2) is 24.8 Å². The number of benzene rings is 1. The Hall–Kier alpha value is -1.48. The van der Waals surface area contributed by atoms with E-state index in [9.17, 15) is 9.59 Å². The molecule has 2 aliphatic carbocycles. The molecule has 1 spiro atoms. The molecule has 0 unspecified atom stereocenters. The minimum atomic E-state index is -0.536. The number of rotatable bonds is 4. The van der Waals surface area contributed by atoms with Gasteiger partial charge in [0.05, 0.1) is 6.10 Å². The Morgan fingerprint density at radius 3 is 1.92 bits per heavy atom. The molecule has 0 heterocycles. The summed E-state index contributed by atoms with van der Waals surface area (Å²) < 4.78 is 5.47. The second-order valence-electron chi connectivity index (χ2n) is 8.36. The summed E-state index contributed by atoms with van der Waals surface area (Å²) >= 11 is 0. The van der Waals surface area contributed by atoms with E-state index in [1.54, 1.807) is 7.11 Å². The van der Waals surface area contributed by atoms with Gasteiger partial charge in [0.2, 0.25) is 0 Å². The van der Waals surface area contributed by atoms with Crippen LogP contribution in [0.1, 0.15) is 80.5 Å². The zero-order valence-corrected chi connectivity index (χ0v) is 16.7. The molecule has 0 bridgehead atoms. The first-order valence-electron chi connectivity index (χ1n) is 10.1. The Bertz CT molecular complexity index is 650. The molecule has 3 heteroatoms. The summed E-state index contributed by atoms with van der Waals surface area (Å²) in [5, 5.41) is 0. The van der Waals surface area contributed by atoms with E-state index in [1.807, 2.05) is 0 Å². The molecule has 0 aliphatic heterocycles. The van der Waals surface area contributed by atoms with Crippen molar-refractivity contribution in [3.63, 3.8) is 0 Å². The van der Waals surface area contributed by atoms with Gasteiger partial charge in [-0.1, -0.05) is 31.5 Å². The fourth-order valence-corrected chi connectivity index (χ4v) is 5.21. The van der Waals surface area contributed by atoms with Gasteiger partial charge < -0.3 is 4.74 Å². The highest BCUT2D eigenvalue weighted by atomic mass is 16.5. The highest BCUT2D eigenvalue weighted by Gasteiger charge is 2.47. The molecule has 0 radical (unpaired) electrons. The zero-order chi connectivity index (χ0) is 18.9. The molecule has 2 saturated carbocycles. The third-order valence-corrected chi connectivity index (χ3v) is 6.62. The largest absolute Gasteiger partial charge is 0.381 e. The maximum atomic E-state index is 13.2. The summed E-state index contributed by atoms with van der Waals surface area (Å²) in [6, 6.07) is 4.31. The van der Waals surface area contributed by atoms with Gasteiger partial charge in [0.25, 0.3) is 0 Å². The van der Waals surface area contributed by atoms with Crippen LogP contribution in [-0.2, 0) is 27.2 Å². The lowest BCUT2D eigenvalue weighted by Gasteiger charge is -2.43. The first-order valence-corrected chi connectivity index (χ1v) is 10.1. The van der Waals surface area contributed by atoms with Gasteiger partial charge in [0, 0.05) is 20.0 Å². The summed E-state index contributed by atoms with van der Waals surface area (Å²) in [5.41, 5.74) is 4.48. The second kappa shape index (κ2) is 7.64. The predicted molar refractivity (Wildman–Crippen MR) is 104 cm³/mol. The van der Waals surface area contributed by atoms with Crippen LogP contribution >= 0.6 is 0 Å². The smallest absolute Gasteiger partial charge is 0.148 e. The van der Waals surface area contributed by atoms with Crippen molar-refractivity contribution in [3.05, 3.63) is 34.4 Å². The molecule has 0 N–H and O–H groups in total. The van der Waals surface area contributed by atoms with Crippen LogP contribution in [0.3, 0.4) is 0 Å².